The summed E-state index contributed by atoms with van der Waals surface area (Å²) in [5.74, 6) is -0.0243. The molecule has 0 spiro atoms. The molecule has 0 saturated carbocycles. The lowest BCUT2D eigenvalue weighted by Gasteiger charge is -2.27. The molecule has 6 heteroatoms. The van der Waals surface area contributed by atoms with Crippen LogP contribution in [0.3, 0.4) is 0 Å². The van der Waals surface area contributed by atoms with E-state index in [1.807, 2.05) is 20.8 Å². The van der Waals surface area contributed by atoms with Crippen LogP contribution in [0.2, 0.25) is 0 Å². The Kier molecular flexibility index (Phi) is 3.55. The van der Waals surface area contributed by atoms with E-state index in [1.54, 1.807) is 13.1 Å². The minimum absolute atomic E-state index is 0.0243. The number of carbonyl (C=O) groups is 1. The van der Waals surface area contributed by atoms with E-state index in [9.17, 15) is 14.9 Å². The van der Waals surface area contributed by atoms with Crippen molar-refractivity contribution in [3.8, 4) is 0 Å². The van der Waals surface area contributed by atoms with E-state index >= 15 is 0 Å². The maximum atomic E-state index is 10.7. The third-order valence-electron chi connectivity index (χ3n) is 2.57. The third kappa shape index (κ3) is 2.64. The van der Waals surface area contributed by atoms with E-state index in [-0.39, 0.29) is 11.2 Å². The van der Waals surface area contributed by atoms with E-state index in [4.69, 9.17) is 4.74 Å². The lowest BCUT2D eigenvalue weighted by Crippen LogP contribution is -2.23. The molecular weight excluding hydrogens is 224 g/mol. The van der Waals surface area contributed by atoms with Gasteiger partial charge in [0.1, 0.15) is 5.69 Å². The van der Waals surface area contributed by atoms with Crippen molar-refractivity contribution < 1.29 is 14.5 Å². The first-order valence-electron chi connectivity index (χ1n) is 5.18. The van der Waals surface area contributed by atoms with Gasteiger partial charge >= 0.3 is 5.82 Å². The van der Waals surface area contributed by atoms with E-state index < -0.39 is 11.0 Å². The number of hydrogen-bond acceptors (Lipinski definition) is 4. The molecule has 1 rings (SSSR count). The summed E-state index contributed by atoms with van der Waals surface area (Å²) in [5.41, 5.74) is 0.275. The molecule has 17 heavy (non-hydrogen) atoms. The highest BCUT2D eigenvalue weighted by Gasteiger charge is 2.33. The summed E-state index contributed by atoms with van der Waals surface area (Å²) in [6.07, 6.45) is -0.515. The minimum atomic E-state index is -0.515. The second-order valence-electron chi connectivity index (χ2n) is 4.91. The van der Waals surface area contributed by atoms with Gasteiger partial charge in [0.25, 0.3) is 6.47 Å². The summed E-state index contributed by atoms with van der Waals surface area (Å²) in [6.45, 7) is 6.08. The molecular formula is C11H16N2O4. The van der Waals surface area contributed by atoms with E-state index in [0.717, 1.165) is 0 Å². The molecule has 6 nitrogen and oxygen atoms in total. The van der Waals surface area contributed by atoms with Crippen LogP contribution in [0.15, 0.2) is 12.1 Å². The zero-order valence-electron chi connectivity index (χ0n) is 10.3. The van der Waals surface area contributed by atoms with Crippen molar-refractivity contribution in [2.75, 3.05) is 0 Å². The van der Waals surface area contributed by atoms with E-state index in [1.165, 1.54) is 10.6 Å². The summed E-state index contributed by atoms with van der Waals surface area (Å²) in [4.78, 5) is 20.8. The molecule has 0 radical (unpaired) electrons. The van der Waals surface area contributed by atoms with Crippen molar-refractivity contribution in [1.82, 2.24) is 4.57 Å². The Labute approximate surface area is 99.3 Å². The predicted molar refractivity (Wildman–Crippen MR) is 61.4 cm³/mol. The summed E-state index contributed by atoms with van der Waals surface area (Å²) in [6, 6.07) is 3.01. The summed E-state index contributed by atoms with van der Waals surface area (Å²) < 4.78 is 6.47. The Morgan fingerprint density at radius 3 is 2.41 bits per heavy atom. The van der Waals surface area contributed by atoms with Gasteiger partial charge in [-0.15, -0.1) is 0 Å². The molecule has 0 bridgehead atoms. The molecule has 1 aromatic rings. The minimum Gasteiger partial charge on any atom is -0.455 e. The fourth-order valence-electron chi connectivity index (χ4n) is 1.74. The number of carbonyl (C=O) groups excluding carboxylic acids is 1. The van der Waals surface area contributed by atoms with Gasteiger partial charge in [-0.25, -0.2) is 4.57 Å². The van der Waals surface area contributed by atoms with Gasteiger partial charge in [-0.3, -0.25) is 4.79 Å². The largest absolute Gasteiger partial charge is 0.455 e. The first-order chi connectivity index (χ1) is 7.79. The predicted octanol–water partition coefficient (Wildman–Crippen LogP) is 2.19. The molecule has 1 unspecified atom stereocenters. The Balaban J connectivity index is 3.20. The highest BCUT2D eigenvalue weighted by Crippen LogP contribution is 2.37. The van der Waals surface area contributed by atoms with E-state index in [2.05, 4.69) is 0 Å². The van der Waals surface area contributed by atoms with Gasteiger partial charge in [-0.05, 0) is 11.0 Å². The number of nitro groups is 1. The Hall–Kier alpha value is -1.85. The van der Waals surface area contributed by atoms with Gasteiger partial charge in [0.15, 0.2) is 6.10 Å². The highest BCUT2D eigenvalue weighted by atomic mass is 16.6. The second kappa shape index (κ2) is 4.57. The number of ether oxygens (including phenoxy) is 1. The fourth-order valence-corrected chi connectivity index (χ4v) is 1.74. The maximum Gasteiger partial charge on any atom is 0.323 e. The van der Waals surface area contributed by atoms with Crippen LogP contribution in [0.5, 0.6) is 0 Å². The van der Waals surface area contributed by atoms with Crippen LogP contribution in [-0.2, 0) is 16.6 Å². The average Bonchev–Trinajstić information content (AvgIpc) is 2.54. The lowest BCUT2D eigenvalue weighted by atomic mass is 9.87. The standard InChI is InChI=1S/C11H16N2O4/c1-11(2,3)10(17-7-14)8-5-6-9(12(8)4)13(15)16/h5-7,10H,1-4H3. The van der Waals surface area contributed by atoms with Crippen LogP contribution in [0.25, 0.3) is 0 Å². The van der Waals surface area contributed by atoms with Crippen LogP contribution >= 0.6 is 0 Å². The van der Waals surface area contributed by atoms with Crippen molar-refractivity contribution in [3.63, 3.8) is 0 Å². The molecule has 0 amide bonds. The van der Waals surface area contributed by atoms with Crippen LogP contribution in [0.4, 0.5) is 5.82 Å². The first-order valence-corrected chi connectivity index (χ1v) is 5.18. The number of hydrogen-bond donors (Lipinski definition) is 0. The van der Waals surface area contributed by atoms with Crippen LogP contribution in [-0.4, -0.2) is 16.0 Å². The van der Waals surface area contributed by atoms with Crippen molar-refractivity contribution in [2.45, 2.75) is 26.9 Å². The van der Waals surface area contributed by atoms with Crippen molar-refractivity contribution in [2.24, 2.45) is 12.5 Å². The number of nitrogens with zero attached hydrogens (tertiary/aromatic N) is 2. The monoisotopic (exact) mass is 240 g/mol. The van der Waals surface area contributed by atoms with Gasteiger partial charge in [0.2, 0.25) is 0 Å². The third-order valence-corrected chi connectivity index (χ3v) is 2.57. The molecule has 1 heterocycles. The molecule has 0 aliphatic rings. The van der Waals surface area contributed by atoms with Crippen LogP contribution in [0, 0.1) is 15.5 Å². The fraction of sp³-hybridized carbons (Fsp3) is 0.545. The average molecular weight is 240 g/mol. The number of rotatable bonds is 4. The second-order valence-corrected chi connectivity index (χ2v) is 4.91. The number of aromatic nitrogens is 1. The Bertz CT molecular complexity index is 431. The molecule has 0 N–H and O–H groups in total. The van der Waals surface area contributed by atoms with Crippen LogP contribution in [0.1, 0.15) is 32.6 Å². The van der Waals surface area contributed by atoms with Gasteiger partial charge in [-0.2, -0.15) is 0 Å². The quantitative estimate of drug-likeness (QED) is 0.459. The molecule has 0 fully saturated rings. The van der Waals surface area contributed by atoms with Gasteiger partial charge in [-0.1, -0.05) is 20.8 Å². The topological polar surface area (TPSA) is 74.4 Å². The molecule has 1 atom stereocenters. The van der Waals surface area contributed by atoms with E-state index in [0.29, 0.717) is 12.2 Å². The lowest BCUT2D eigenvalue weighted by molar-refractivity contribution is -0.391. The normalized spacial score (nSPS) is 13.2. The van der Waals surface area contributed by atoms with Gasteiger partial charge < -0.3 is 14.9 Å². The molecule has 0 saturated heterocycles. The zero-order chi connectivity index (χ0) is 13.2. The Morgan fingerprint density at radius 1 is 1.47 bits per heavy atom. The zero-order valence-corrected chi connectivity index (χ0v) is 10.3. The highest BCUT2D eigenvalue weighted by molar-refractivity contribution is 5.39. The molecule has 0 aliphatic carbocycles. The maximum absolute atomic E-state index is 10.7. The SMILES string of the molecule is Cn1c(C(OC=O)C(C)(C)C)ccc1[N+](=O)[O-]. The van der Waals surface area contributed by atoms with Crippen molar-refractivity contribution >= 4 is 12.3 Å². The van der Waals surface area contributed by atoms with Gasteiger partial charge in [0, 0.05) is 11.5 Å². The molecule has 1 aromatic heterocycles. The smallest absolute Gasteiger partial charge is 0.323 e. The summed E-state index contributed by atoms with van der Waals surface area (Å²) >= 11 is 0. The summed E-state index contributed by atoms with van der Waals surface area (Å²) in [5, 5.41) is 10.7. The molecule has 0 aliphatic heterocycles. The van der Waals surface area contributed by atoms with Gasteiger partial charge in [0.05, 0.1) is 7.05 Å². The van der Waals surface area contributed by atoms with Crippen LogP contribution < -0.4 is 0 Å². The van der Waals surface area contributed by atoms with Crippen molar-refractivity contribution in [1.29, 1.82) is 0 Å². The molecule has 94 valence electrons. The first kappa shape index (κ1) is 13.2. The Morgan fingerprint density at radius 2 is 2.06 bits per heavy atom. The van der Waals surface area contributed by atoms with Crippen molar-refractivity contribution in [3.05, 3.63) is 27.9 Å². The summed E-state index contributed by atoms with van der Waals surface area (Å²) in [7, 11) is 1.58. The molecule has 0 aromatic carbocycles.